The second-order valence-electron chi connectivity index (χ2n) is 6.92. The fraction of sp³-hybridized carbons (Fsp3) is 0.364. The highest BCUT2D eigenvalue weighted by Gasteiger charge is 2.40. The lowest BCUT2D eigenvalue weighted by Crippen LogP contribution is -2.34. The largest absolute Gasteiger partial charge is 0.484 e. The number of amides is 1. The minimum Gasteiger partial charge on any atom is -0.484 e. The average molecular weight is 351 g/mol. The molecule has 136 valence electrons. The van der Waals surface area contributed by atoms with Gasteiger partial charge in [0.15, 0.2) is 12.4 Å². The van der Waals surface area contributed by atoms with Gasteiger partial charge < -0.3 is 10.1 Å². The zero-order chi connectivity index (χ0) is 18.5. The minimum absolute atomic E-state index is 0.0341. The summed E-state index contributed by atoms with van der Waals surface area (Å²) >= 11 is 0. The summed E-state index contributed by atoms with van der Waals surface area (Å²) in [4.78, 5) is 24.0. The van der Waals surface area contributed by atoms with Crippen LogP contribution in [0, 0.1) is 11.8 Å². The molecule has 0 aliphatic heterocycles. The predicted octanol–water partition coefficient (Wildman–Crippen LogP) is 4.17. The first-order chi connectivity index (χ1) is 12.6. The van der Waals surface area contributed by atoms with Gasteiger partial charge in [0.05, 0.1) is 6.04 Å². The van der Waals surface area contributed by atoms with Gasteiger partial charge >= 0.3 is 0 Å². The Morgan fingerprint density at radius 3 is 2.35 bits per heavy atom. The van der Waals surface area contributed by atoms with Gasteiger partial charge in [-0.15, -0.1) is 0 Å². The zero-order valence-corrected chi connectivity index (χ0v) is 15.3. The van der Waals surface area contributed by atoms with E-state index in [-0.39, 0.29) is 24.3 Å². The standard InChI is InChI=1S/C22H25NO3/c1-3-20(24)16-9-11-18(12-10-16)26-14-21(25)23-22(19-13-15(19)2)17-7-5-4-6-8-17/h4-12,15,19,22H,3,13-14H2,1-2H3,(H,23,25). The summed E-state index contributed by atoms with van der Waals surface area (Å²) in [5, 5.41) is 3.12. The number of hydrogen-bond donors (Lipinski definition) is 1. The van der Waals surface area contributed by atoms with Crippen LogP contribution < -0.4 is 10.1 Å². The highest BCUT2D eigenvalue weighted by molar-refractivity contribution is 5.95. The third-order valence-corrected chi connectivity index (χ3v) is 4.94. The number of rotatable bonds is 8. The Morgan fingerprint density at radius 2 is 1.77 bits per heavy atom. The van der Waals surface area contributed by atoms with E-state index in [1.54, 1.807) is 24.3 Å². The Hall–Kier alpha value is -2.62. The highest BCUT2D eigenvalue weighted by atomic mass is 16.5. The van der Waals surface area contributed by atoms with Crippen LogP contribution in [0.1, 0.15) is 48.7 Å². The number of carbonyl (C=O) groups excluding carboxylic acids is 2. The molecule has 0 spiro atoms. The Kier molecular flexibility index (Phi) is 5.71. The maximum Gasteiger partial charge on any atom is 0.258 e. The quantitative estimate of drug-likeness (QED) is 0.726. The summed E-state index contributed by atoms with van der Waals surface area (Å²) in [7, 11) is 0. The Morgan fingerprint density at radius 1 is 1.12 bits per heavy atom. The average Bonchev–Trinajstić information content (AvgIpc) is 3.41. The summed E-state index contributed by atoms with van der Waals surface area (Å²) in [6.07, 6.45) is 1.61. The van der Waals surface area contributed by atoms with Gasteiger partial charge in [0.2, 0.25) is 0 Å². The molecule has 4 heteroatoms. The molecule has 1 aliphatic rings. The van der Waals surface area contributed by atoms with Crippen molar-refractivity contribution < 1.29 is 14.3 Å². The molecule has 1 N–H and O–H groups in total. The highest BCUT2D eigenvalue weighted by Crippen LogP contribution is 2.46. The van der Waals surface area contributed by atoms with Gasteiger partial charge in [-0.25, -0.2) is 0 Å². The van der Waals surface area contributed by atoms with Crippen molar-refractivity contribution in [2.45, 2.75) is 32.7 Å². The fourth-order valence-corrected chi connectivity index (χ4v) is 3.22. The summed E-state index contributed by atoms with van der Waals surface area (Å²) in [6.45, 7) is 4.01. The number of Topliss-reactive ketones (excluding diaryl/α,β-unsaturated/α-hetero) is 1. The molecule has 3 unspecified atom stereocenters. The molecule has 3 rings (SSSR count). The lowest BCUT2D eigenvalue weighted by molar-refractivity contribution is -0.124. The van der Waals surface area contributed by atoms with E-state index in [9.17, 15) is 9.59 Å². The van der Waals surface area contributed by atoms with Gasteiger partial charge in [-0.3, -0.25) is 9.59 Å². The van der Waals surface area contributed by atoms with Gasteiger partial charge in [0.25, 0.3) is 5.91 Å². The van der Waals surface area contributed by atoms with E-state index in [4.69, 9.17) is 4.74 Å². The number of carbonyl (C=O) groups is 2. The van der Waals surface area contributed by atoms with E-state index >= 15 is 0 Å². The van der Waals surface area contributed by atoms with E-state index in [1.165, 1.54) is 0 Å². The van der Waals surface area contributed by atoms with Gasteiger partial charge in [-0.2, -0.15) is 0 Å². The third-order valence-electron chi connectivity index (χ3n) is 4.94. The number of hydrogen-bond acceptors (Lipinski definition) is 3. The first-order valence-corrected chi connectivity index (χ1v) is 9.19. The summed E-state index contributed by atoms with van der Waals surface area (Å²) in [5.41, 5.74) is 1.80. The number of nitrogens with one attached hydrogen (secondary N) is 1. The molecule has 0 bridgehead atoms. The van der Waals surface area contributed by atoms with Crippen LogP contribution >= 0.6 is 0 Å². The van der Waals surface area contributed by atoms with Gasteiger partial charge in [-0.05, 0) is 48.1 Å². The molecular formula is C22H25NO3. The first kappa shape index (κ1) is 18.2. The maximum atomic E-state index is 12.4. The van der Waals surface area contributed by atoms with E-state index in [0.717, 1.165) is 12.0 Å². The third kappa shape index (κ3) is 4.51. The lowest BCUT2D eigenvalue weighted by Gasteiger charge is -2.19. The van der Waals surface area contributed by atoms with E-state index in [2.05, 4.69) is 24.4 Å². The van der Waals surface area contributed by atoms with Crippen LogP contribution in [0.2, 0.25) is 0 Å². The molecule has 1 fully saturated rings. The van der Waals surface area contributed by atoms with Crippen molar-refractivity contribution in [2.75, 3.05) is 6.61 Å². The first-order valence-electron chi connectivity index (χ1n) is 9.19. The Labute approximate surface area is 154 Å². The van der Waals surface area contributed by atoms with Gasteiger partial charge in [-0.1, -0.05) is 44.2 Å². The molecule has 1 saturated carbocycles. The molecule has 3 atom stereocenters. The Bertz CT molecular complexity index is 755. The number of benzene rings is 2. The van der Waals surface area contributed by atoms with Crippen molar-refractivity contribution in [1.29, 1.82) is 0 Å². The second kappa shape index (κ2) is 8.17. The zero-order valence-electron chi connectivity index (χ0n) is 15.3. The molecule has 2 aromatic rings. The van der Waals surface area contributed by atoms with Crippen LogP contribution in [-0.4, -0.2) is 18.3 Å². The van der Waals surface area contributed by atoms with Crippen molar-refractivity contribution in [3.05, 3.63) is 65.7 Å². The molecule has 1 aliphatic carbocycles. The molecule has 0 saturated heterocycles. The lowest BCUT2D eigenvalue weighted by atomic mass is 10.0. The maximum absolute atomic E-state index is 12.4. The summed E-state index contributed by atoms with van der Waals surface area (Å²) in [6, 6.07) is 17.0. The Balaban J connectivity index is 1.56. The van der Waals surface area contributed by atoms with Crippen LogP contribution in [0.3, 0.4) is 0 Å². The van der Waals surface area contributed by atoms with E-state index < -0.39 is 0 Å². The molecule has 4 nitrogen and oxygen atoms in total. The SMILES string of the molecule is CCC(=O)c1ccc(OCC(=O)NC(c2ccccc2)C2CC2C)cc1. The van der Waals surface area contributed by atoms with Crippen LogP contribution in [0.25, 0.3) is 0 Å². The van der Waals surface area contributed by atoms with E-state index in [0.29, 0.717) is 29.6 Å². The fourth-order valence-electron chi connectivity index (χ4n) is 3.22. The minimum atomic E-state index is -0.133. The molecule has 0 radical (unpaired) electrons. The van der Waals surface area contributed by atoms with Crippen molar-refractivity contribution in [3.63, 3.8) is 0 Å². The van der Waals surface area contributed by atoms with Gasteiger partial charge in [0, 0.05) is 12.0 Å². The van der Waals surface area contributed by atoms with Crippen molar-refractivity contribution >= 4 is 11.7 Å². The molecule has 1 amide bonds. The number of ether oxygens (including phenoxy) is 1. The predicted molar refractivity (Wildman–Crippen MR) is 101 cm³/mol. The second-order valence-corrected chi connectivity index (χ2v) is 6.92. The van der Waals surface area contributed by atoms with E-state index in [1.807, 2.05) is 25.1 Å². The smallest absolute Gasteiger partial charge is 0.258 e. The van der Waals surface area contributed by atoms with Crippen molar-refractivity contribution in [1.82, 2.24) is 5.32 Å². The molecule has 26 heavy (non-hydrogen) atoms. The molecule has 0 heterocycles. The summed E-state index contributed by atoms with van der Waals surface area (Å²) in [5.74, 6) is 1.67. The van der Waals surface area contributed by atoms with Crippen LogP contribution in [0.5, 0.6) is 5.75 Å². The van der Waals surface area contributed by atoms with Crippen LogP contribution in [-0.2, 0) is 4.79 Å². The van der Waals surface area contributed by atoms with Crippen LogP contribution in [0.15, 0.2) is 54.6 Å². The summed E-state index contributed by atoms with van der Waals surface area (Å²) < 4.78 is 5.58. The number of ketones is 1. The molecule has 2 aromatic carbocycles. The van der Waals surface area contributed by atoms with Crippen molar-refractivity contribution in [3.8, 4) is 5.75 Å². The normalized spacial score (nSPS) is 19.5. The monoisotopic (exact) mass is 351 g/mol. The van der Waals surface area contributed by atoms with Crippen LogP contribution in [0.4, 0.5) is 0 Å². The topological polar surface area (TPSA) is 55.4 Å². The van der Waals surface area contributed by atoms with Gasteiger partial charge in [0.1, 0.15) is 5.75 Å². The molecular weight excluding hydrogens is 326 g/mol. The van der Waals surface area contributed by atoms with Crippen molar-refractivity contribution in [2.24, 2.45) is 11.8 Å². The molecule has 0 aromatic heterocycles.